The smallest absolute Gasteiger partial charge is 0.234 e. The van der Waals surface area contributed by atoms with Crippen molar-refractivity contribution < 1.29 is 23.8 Å². The molecule has 7 nitrogen and oxygen atoms in total. The van der Waals surface area contributed by atoms with E-state index in [1.807, 2.05) is 60.7 Å². The fourth-order valence-corrected chi connectivity index (χ4v) is 4.87. The van der Waals surface area contributed by atoms with Gasteiger partial charge < -0.3 is 24.4 Å². The Labute approximate surface area is 180 Å². The van der Waals surface area contributed by atoms with E-state index in [4.69, 9.17) is 14.2 Å². The van der Waals surface area contributed by atoms with Crippen LogP contribution in [0.3, 0.4) is 0 Å². The number of nitrogens with zero attached hydrogens (tertiary/aromatic N) is 1. The maximum Gasteiger partial charge on any atom is 0.234 e. The summed E-state index contributed by atoms with van der Waals surface area (Å²) in [7, 11) is 3.21. The van der Waals surface area contributed by atoms with E-state index in [9.17, 15) is 9.59 Å². The molecule has 3 aliphatic rings. The Morgan fingerprint density at radius 3 is 2.68 bits per heavy atom. The minimum Gasteiger partial charge on any atom is -0.497 e. The number of anilines is 1. The van der Waals surface area contributed by atoms with Crippen molar-refractivity contribution in [1.29, 1.82) is 0 Å². The molecule has 2 saturated heterocycles. The van der Waals surface area contributed by atoms with E-state index in [0.717, 1.165) is 22.7 Å². The van der Waals surface area contributed by atoms with Crippen LogP contribution in [-0.4, -0.2) is 44.3 Å². The summed E-state index contributed by atoms with van der Waals surface area (Å²) >= 11 is 0. The minimum absolute atomic E-state index is 0.0847. The van der Waals surface area contributed by atoms with E-state index in [1.54, 1.807) is 19.1 Å². The molecule has 5 rings (SSSR count). The SMILES string of the molecule is COc1ccc(N2C[C@@]34C=C[C@@H](O3)C(C(=O)NCc3cccc(OC)c3)[C@H]4C2=O)cc1. The summed E-state index contributed by atoms with van der Waals surface area (Å²) in [5.41, 5.74) is 0.949. The van der Waals surface area contributed by atoms with Gasteiger partial charge in [0.15, 0.2) is 0 Å². The molecule has 2 aromatic carbocycles. The van der Waals surface area contributed by atoms with Crippen LogP contribution in [-0.2, 0) is 20.9 Å². The topological polar surface area (TPSA) is 77.1 Å². The zero-order valence-electron chi connectivity index (χ0n) is 17.4. The Hall–Kier alpha value is -3.32. The van der Waals surface area contributed by atoms with E-state index >= 15 is 0 Å². The van der Waals surface area contributed by atoms with Crippen molar-refractivity contribution in [3.63, 3.8) is 0 Å². The lowest BCUT2D eigenvalue weighted by Crippen LogP contribution is -2.43. The van der Waals surface area contributed by atoms with Crippen LogP contribution in [0.4, 0.5) is 5.69 Å². The van der Waals surface area contributed by atoms with Gasteiger partial charge in [-0.2, -0.15) is 0 Å². The van der Waals surface area contributed by atoms with Crippen molar-refractivity contribution >= 4 is 17.5 Å². The molecule has 1 spiro atoms. The molecule has 0 aliphatic carbocycles. The maximum atomic E-state index is 13.4. The summed E-state index contributed by atoms with van der Waals surface area (Å²) in [6.45, 7) is 0.758. The van der Waals surface area contributed by atoms with Gasteiger partial charge in [-0.25, -0.2) is 0 Å². The van der Waals surface area contributed by atoms with Gasteiger partial charge in [-0.3, -0.25) is 9.59 Å². The third kappa shape index (κ3) is 3.16. The van der Waals surface area contributed by atoms with Crippen LogP contribution in [0.25, 0.3) is 0 Å². The van der Waals surface area contributed by atoms with Gasteiger partial charge in [0.25, 0.3) is 0 Å². The number of fused-ring (bicyclic) bond motifs is 1. The molecular formula is C24H24N2O5. The Morgan fingerprint density at radius 2 is 1.94 bits per heavy atom. The molecule has 160 valence electrons. The van der Waals surface area contributed by atoms with Crippen LogP contribution in [0.2, 0.25) is 0 Å². The van der Waals surface area contributed by atoms with Crippen LogP contribution in [0.5, 0.6) is 11.5 Å². The Bertz CT molecular complexity index is 1050. The third-order valence-electron chi connectivity index (χ3n) is 6.39. The lowest BCUT2D eigenvalue weighted by Gasteiger charge is -2.23. The predicted octanol–water partition coefficient (Wildman–Crippen LogP) is 2.31. The number of amides is 2. The first-order valence-corrected chi connectivity index (χ1v) is 10.3. The van der Waals surface area contributed by atoms with Crippen LogP contribution in [0, 0.1) is 11.8 Å². The van der Waals surface area contributed by atoms with E-state index in [2.05, 4.69) is 5.32 Å². The zero-order chi connectivity index (χ0) is 21.6. The number of carbonyl (C=O) groups is 2. The average Bonchev–Trinajstić information content (AvgIpc) is 3.46. The lowest BCUT2D eigenvalue weighted by atomic mass is 9.77. The third-order valence-corrected chi connectivity index (χ3v) is 6.39. The number of hydrogen-bond donors (Lipinski definition) is 1. The van der Waals surface area contributed by atoms with Crippen molar-refractivity contribution in [1.82, 2.24) is 5.32 Å². The highest BCUT2D eigenvalue weighted by molar-refractivity contribution is 6.03. The first-order chi connectivity index (χ1) is 15.0. The van der Waals surface area contributed by atoms with Crippen molar-refractivity contribution in [2.45, 2.75) is 18.2 Å². The Kier molecular flexibility index (Phi) is 4.70. The normalized spacial score (nSPS) is 28.0. The van der Waals surface area contributed by atoms with E-state index in [-0.39, 0.29) is 17.9 Å². The lowest BCUT2D eigenvalue weighted by molar-refractivity contribution is -0.132. The monoisotopic (exact) mass is 420 g/mol. The van der Waals surface area contributed by atoms with Gasteiger partial charge in [-0.05, 0) is 42.0 Å². The Balaban J connectivity index is 1.34. The number of carbonyl (C=O) groups excluding carboxylic acids is 2. The second kappa shape index (κ2) is 7.42. The van der Waals surface area contributed by atoms with Crippen LogP contribution >= 0.6 is 0 Å². The highest BCUT2D eigenvalue weighted by Gasteiger charge is 2.67. The van der Waals surface area contributed by atoms with Crippen molar-refractivity contribution in [2.24, 2.45) is 11.8 Å². The summed E-state index contributed by atoms with van der Waals surface area (Å²) in [6, 6.07) is 14.9. The fraction of sp³-hybridized carbons (Fsp3) is 0.333. The molecule has 2 amide bonds. The number of hydrogen-bond acceptors (Lipinski definition) is 5. The summed E-state index contributed by atoms with van der Waals surface area (Å²) in [5.74, 6) is 0.118. The van der Waals surface area contributed by atoms with E-state index in [1.165, 1.54) is 0 Å². The standard InChI is InChI=1S/C24H24N2O5/c1-29-17-8-6-16(7-9-17)26-14-24-11-10-19(31-24)20(21(24)23(26)28)22(27)25-13-15-4-3-5-18(12-15)30-2/h3-12,19-21H,13-14H2,1-2H3,(H,25,27)/t19-,20?,21+,24-/m1/s1. The first-order valence-electron chi connectivity index (χ1n) is 10.3. The highest BCUT2D eigenvalue weighted by Crippen LogP contribution is 2.52. The predicted molar refractivity (Wildman–Crippen MR) is 114 cm³/mol. The van der Waals surface area contributed by atoms with E-state index in [0.29, 0.717) is 13.1 Å². The van der Waals surface area contributed by atoms with Crippen LogP contribution in [0.1, 0.15) is 5.56 Å². The second-order valence-electron chi connectivity index (χ2n) is 8.09. The van der Waals surface area contributed by atoms with Gasteiger partial charge >= 0.3 is 0 Å². The average molecular weight is 420 g/mol. The summed E-state index contributed by atoms with van der Waals surface area (Å²) in [4.78, 5) is 28.2. The van der Waals surface area contributed by atoms with Crippen molar-refractivity contribution in [3.05, 3.63) is 66.2 Å². The van der Waals surface area contributed by atoms with Crippen LogP contribution in [0.15, 0.2) is 60.7 Å². The molecule has 2 aromatic rings. The van der Waals surface area contributed by atoms with Gasteiger partial charge in [0.05, 0.1) is 38.7 Å². The molecule has 0 saturated carbocycles. The van der Waals surface area contributed by atoms with Gasteiger partial charge in [-0.1, -0.05) is 24.3 Å². The van der Waals surface area contributed by atoms with Gasteiger partial charge in [0.1, 0.15) is 17.1 Å². The van der Waals surface area contributed by atoms with Gasteiger partial charge in [-0.15, -0.1) is 0 Å². The zero-order valence-corrected chi connectivity index (χ0v) is 17.4. The molecule has 0 radical (unpaired) electrons. The molecule has 3 aliphatic heterocycles. The number of rotatable bonds is 6. The largest absolute Gasteiger partial charge is 0.497 e. The summed E-state index contributed by atoms with van der Waals surface area (Å²) < 4.78 is 16.6. The van der Waals surface area contributed by atoms with Crippen molar-refractivity contribution in [2.75, 3.05) is 25.7 Å². The number of benzene rings is 2. The maximum absolute atomic E-state index is 13.4. The quantitative estimate of drug-likeness (QED) is 0.726. The number of nitrogens with one attached hydrogen (secondary N) is 1. The molecule has 7 heteroatoms. The minimum atomic E-state index is -0.750. The summed E-state index contributed by atoms with van der Waals surface area (Å²) in [6.07, 6.45) is 3.49. The highest BCUT2D eigenvalue weighted by atomic mass is 16.5. The molecule has 2 fully saturated rings. The Morgan fingerprint density at radius 1 is 1.16 bits per heavy atom. The molecule has 3 heterocycles. The van der Waals surface area contributed by atoms with E-state index < -0.39 is 17.4 Å². The molecule has 1 N–H and O–H groups in total. The van der Waals surface area contributed by atoms with Gasteiger partial charge in [0.2, 0.25) is 11.8 Å². The van der Waals surface area contributed by atoms with Crippen LogP contribution < -0.4 is 19.7 Å². The fourth-order valence-electron chi connectivity index (χ4n) is 4.87. The molecule has 0 aromatic heterocycles. The summed E-state index contributed by atoms with van der Waals surface area (Å²) in [5, 5.41) is 2.98. The molecule has 2 bridgehead atoms. The molecular weight excluding hydrogens is 396 g/mol. The number of ether oxygens (including phenoxy) is 3. The molecule has 4 atom stereocenters. The first kappa shape index (κ1) is 19.6. The van der Waals surface area contributed by atoms with Gasteiger partial charge in [0, 0.05) is 12.2 Å². The number of methoxy groups -OCH3 is 2. The van der Waals surface area contributed by atoms with Crippen molar-refractivity contribution in [3.8, 4) is 11.5 Å². The second-order valence-corrected chi connectivity index (χ2v) is 8.09. The molecule has 1 unspecified atom stereocenters. The molecule has 31 heavy (non-hydrogen) atoms.